The summed E-state index contributed by atoms with van der Waals surface area (Å²) in [6.45, 7) is 2.88. The second kappa shape index (κ2) is 9.32. The molecule has 28 heavy (non-hydrogen) atoms. The molecule has 0 unspecified atom stereocenters. The summed E-state index contributed by atoms with van der Waals surface area (Å²) in [5, 5.41) is 17.5. The molecule has 0 bridgehead atoms. The molecule has 0 aliphatic carbocycles. The van der Waals surface area contributed by atoms with Crippen molar-refractivity contribution >= 4 is 39.1 Å². The van der Waals surface area contributed by atoms with Crippen LogP contribution in [0, 0.1) is 6.92 Å². The van der Waals surface area contributed by atoms with E-state index in [2.05, 4.69) is 47.1 Å². The number of halogens is 1. The fraction of sp³-hybridized carbons (Fsp3) is 0.263. The van der Waals surface area contributed by atoms with Crippen molar-refractivity contribution < 1.29 is 4.79 Å². The lowest BCUT2D eigenvalue weighted by molar-refractivity contribution is -0.116. The third-order valence-electron chi connectivity index (χ3n) is 4.14. The summed E-state index contributed by atoms with van der Waals surface area (Å²) in [6.07, 6.45) is 2.23. The molecule has 146 valence electrons. The molecule has 0 atom stereocenters. The van der Waals surface area contributed by atoms with Crippen molar-refractivity contribution in [2.24, 2.45) is 4.99 Å². The maximum absolute atomic E-state index is 12.2. The zero-order chi connectivity index (χ0) is 19.9. The van der Waals surface area contributed by atoms with E-state index >= 15 is 0 Å². The molecular formula is C19H22BrN7O. The Hall–Kier alpha value is -2.94. The third-order valence-corrected chi connectivity index (χ3v) is 4.63. The standard InChI is InChI=1S/C19H22BrN7O/c1-13-6-7-14(20)11-15(13)24-18(28)8-9-22-19(21-2)23-12-17-26-25-16-5-3-4-10-27(16)17/h3-7,10-11H,8-9,12H2,1-2H3,(H,24,28)(H2,21,22,23). The van der Waals surface area contributed by atoms with E-state index in [1.807, 2.05) is 53.9 Å². The number of aryl methyl sites for hydroxylation is 1. The van der Waals surface area contributed by atoms with Gasteiger partial charge in [-0.05, 0) is 36.8 Å². The number of carbonyl (C=O) groups excluding carboxylic acids is 1. The second-order valence-corrected chi connectivity index (χ2v) is 7.07. The van der Waals surface area contributed by atoms with Gasteiger partial charge in [-0.15, -0.1) is 10.2 Å². The van der Waals surface area contributed by atoms with Crippen LogP contribution in [0.5, 0.6) is 0 Å². The molecule has 2 aromatic heterocycles. The van der Waals surface area contributed by atoms with Crippen LogP contribution < -0.4 is 16.0 Å². The van der Waals surface area contributed by atoms with Gasteiger partial charge in [0.15, 0.2) is 17.4 Å². The van der Waals surface area contributed by atoms with E-state index in [1.165, 1.54) is 0 Å². The number of rotatable bonds is 6. The lowest BCUT2D eigenvalue weighted by atomic mass is 10.2. The Bertz CT molecular complexity index is 999. The number of hydrogen-bond donors (Lipinski definition) is 3. The summed E-state index contributed by atoms with van der Waals surface area (Å²) in [5.41, 5.74) is 2.62. The van der Waals surface area contributed by atoms with Gasteiger partial charge >= 0.3 is 0 Å². The average molecular weight is 444 g/mol. The molecule has 3 N–H and O–H groups in total. The molecule has 0 saturated heterocycles. The minimum atomic E-state index is -0.0624. The molecule has 8 nitrogen and oxygen atoms in total. The number of nitrogens with zero attached hydrogens (tertiary/aromatic N) is 4. The minimum Gasteiger partial charge on any atom is -0.356 e. The van der Waals surface area contributed by atoms with Crippen molar-refractivity contribution in [2.45, 2.75) is 19.9 Å². The van der Waals surface area contributed by atoms with E-state index in [9.17, 15) is 4.79 Å². The highest BCUT2D eigenvalue weighted by Crippen LogP contribution is 2.20. The Morgan fingerprint density at radius 2 is 2.07 bits per heavy atom. The van der Waals surface area contributed by atoms with Gasteiger partial charge in [-0.2, -0.15) is 0 Å². The van der Waals surface area contributed by atoms with Crippen molar-refractivity contribution in [3.8, 4) is 0 Å². The second-order valence-electron chi connectivity index (χ2n) is 6.16. The van der Waals surface area contributed by atoms with Gasteiger partial charge in [0.1, 0.15) is 0 Å². The first kappa shape index (κ1) is 19.8. The van der Waals surface area contributed by atoms with Gasteiger partial charge in [0.25, 0.3) is 0 Å². The van der Waals surface area contributed by atoms with Crippen molar-refractivity contribution in [1.29, 1.82) is 0 Å². The van der Waals surface area contributed by atoms with Crippen LogP contribution in [0.25, 0.3) is 5.65 Å². The molecule has 1 aromatic carbocycles. The van der Waals surface area contributed by atoms with E-state index in [0.717, 1.165) is 27.2 Å². The summed E-state index contributed by atoms with van der Waals surface area (Å²) in [6, 6.07) is 11.5. The van der Waals surface area contributed by atoms with E-state index in [1.54, 1.807) is 7.05 Å². The molecular weight excluding hydrogens is 422 g/mol. The first-order valence-electron chi connectivity index (χ1n) is 8.86. The first-order chi connectivity index (χ1) is 13.6. The molecule has 0 fully saturated rings. The number of anilines is 1. The highest BCUT2D eigenvalue weighted by atomic mass is 79.9. The smallest absolute Gasteiger partial charge is 0.226 e. The summed E-state index contributed by atoms with van der Waals surface area (Å²) in [4.78, 5) is 16.4. The highest BCUT2D eigenvalue weighted by Gasteiger charge is 2.08. The number of aromatic nitrogens is 3. The number of nitrogens with one attached hydrogen (secondary N) is 3. The van der Waals surface area contributed by atoms with Crippen molar-refractivity contribution in [3.05, 3.63) is 58.5 Å². The van der Waals surface area contributed by atoms with Crippen LogP contribution in [0.15, 0.2) is 52.1 Å². The SMILES string of the molecule is CN=C(NCCC(=O)Nc1cc(Br)ccc1C)NCc1nnc2ccccn12. The third kappa shape index (κ3) is 5.07. The van der Waals surface area contributed by atoms with Gasteiger partial charge in [0.05, 0.1) is 6.54 Å². The minimum absolute atomic E-state index is 0.0624. The summed E-state index contributed by atoms with van der Waals surface area (Å²) < 4.78 is 2.84. The Morgan fingerprint density at radius 1 is 1.21 bits per heavy atom. The molecule has 0 aliphatic rings. The van der Waals surface area contributed by atoms with Crippen LogP contribution in [0.4, 0.5) is 5.69 Å². The number of benzene rings is 1. The molecule has 0 saturated carbocycles. The first-order valence-corrected chi connectivity index (χ1v) is 9.65. The maximum Gasteiger partial charge on any atom is 0.226 e. The number of guanidine groups is 1. The molecule has 2 heterocycles. The molecule has 1 amide bonds. The Kier molecular flexibility index (Phi) is 6.59. The summed E-state index contributed by atoms with van der Waals surface area (Å²) >= 11 is 3.42. The number of carbonyl (C=O) groups is 1. The average Bonchev–Trinajstić information content (AvgIpc) is 3.10. The van der Waals surface area contributed by atoms with Crippen LogP contribution in [-0.2, 0) is 11.3 Å². The number of aliphatic imine (C=N–C) groups is 1. The molecule has 9 heteroatoms. The zero-order valence-electron chi connectivity index (χ0n) is 15.7. The highest BCUT2D eigenvalue weighted by molar-refractivity contribution is 9.10. The van der Waals surface area contributed by atoms with Gasteiger partial charge in [-0.3, -0.25) is 14.2 Å². The predicted octanol–water partition coefficient (Wildman–Crippen LogP) is 2.49. The van der Waals surface area contributed by atoms with Gasteiger partial charge in [-0.1, -0.05) is 28.1 Å². The normalized spacial score (nSPS) is 11.5. The van der Waals surface area contributed by atoms with Crippen molar-refractivity contribution in [3.63, 3.8) is 0 Å². The van der Waals surface area contributed by atoms with Crippen LogP contribution in [0.1, 0.15) is 17.8 Å². The Morgan fingerprint density at radius 3 is 2.89 bits per heavy atom. The fourth-order valence-corrected chi connectivity index (χ4v) is 2.99. The van der Waals surface area contributed by atoms with Crippen LogP contribution in [0.2, 0.25) is 0 Å². The van der Waals surface area contributed by atoms with Gasteiger partial charge in [0.2, 0.25) is 5.91 Å². The molecule has 0 spiro atoms. The largest absolute Gasteiger partial charge is 0.356 e. The fourth-order valence-electron chi connectivity index (χ4n) is 2.63. The monoisotopic (exact) mass is 443 g/mol. The van der Waals surface area contributed by atoms with E-state index < -0.39 is 0 Å². The lowest BCUT2D eigenvalue weighted by Gasteiger charge is -2.12. The van der Waals surface area contributed by atoms with E-state index in [-0.39, 0.29) is 5.91 Å². The van der Waals surface area contributed by atoms with Crippen LogP contribution in [0.3, 0.4) is 0 Å². The zero-order valence-corrected chi connectivity index (χ0v) is 17.3. The molecule has 0 radical (unpaired) electrons. The Labute approximate surface area is 171 Å². The quantitative estimate of drug-likeness (QED) is 0.401. The van der Waals surface area contributed by atoms with Crippen molar-refractivity contribution in [1.82, 2.24) is 25.2 Å². The number of fused-ring (bicyclic) bond motifs is 1. The maximum atomic E-state index is 12.2. The molecule has 3 rings (SSSR count). The molecule has 0 aliphatic heterocycles. The number of pyridine rings is 1. The number of hydrogen-bond acceptors (Lipinski definition) is 4. The van der Waals surface area contributed by atoms with Crippen LogP contribution >= 0.6 is 15.9 Å². The topological polar surface area (TPSA) is 95.7 Å². The molecule has 3 aromatic rings. The van der Waals surface area contributed by atoms with Crippen molar-refractivity contribution in [2.75, 3.05) is 18.9 Å². The summed E-state index contributed by atoms with van der Waals surface area (Å²) in [7, 11) is 1.68. The van der Waals surface area contributed by atoms with Gasteiger partial charge < -0.3 is 16.0 Å². The van der Waals surface area contributed by atoms with E-state index in [4.69, 9.17) is 0 Å². The van der Waals surface area contributed by atoms with Gasteiger partial charge in [0, 0.05) is 36.4 Å². The van der Waals surface area contributed by atoms with Crippen LogP contribution in [-0.4, -0.2) is 40.1 Å². The Balaban J connectivity index is 1.46. The predicted molar refractivity (Wildman–Crippen MR) is 113 cm³/mol. The lowest BCUT2D eigenvalue weighted by Crippen LogP contribution is -2.38. The van der Waals surface area contributed by atoms with Gasteiger partial charge in [-0.25, -0.2) is 0 Å². The number of amides is 1. The van der Waals surface area contributed by atoms with E-state index in [0.29, 0.717) is 25.5 Å². The summed E-state index contributed by atoms with van der Waals surface area (Å²) in [5.74, 6) is 1.31.